The van der Waals surface area contributed by atoms with E-state index in [1.165, 1.54) is 0 Å². The molecule has 1 N–H and O–H groups in total. The maximum absolute atomic E-state index is 8.19. The minimum atomic E-state index is -0.0139. The molecular formula is C5H5N2. The molecule has 1 aliphatic heterocycles. The Labute approximate surface area is 42.4 Å². The second-order valence-corrected chi connectivity index (χ2v) is 1.35. The summed E-state index contributed by atoms with van der Waals surface area (Å²) in [6.07, 6.45) is 3.56. The van der Waals surface area contributed by atoms with Crippen molar-refractivity contribution in [3.05, 3.63) is 18.8 Å². The lowest BCUT2D eigenvalue weighted by atomic mass is 10.2. The smallest absolute Gasteiger partial charge is 0.0881 e. The van der Waals surface area contributed by atoms with Gasteiger partial charge in [0.2, 0.25) is 0 Å². The molecule has 0 aromatic rings. The number of rotatable bonds is 0. The molecule has 7 heavy (non-hydrogen) atoms. The summed E-state index contributed by atoms with van der Waals surface area (Å²) in [7, 11) is 0. The Morgan fingerprint density at radius 3 is 2.86 bits per heavy atom. The van der Waals surface area contributed by atoms with E-state index >= 15 is 0 Å². The lowest BCUT2D eigenvalue weighted by molar-refractivity contribution is 0.931. The minimum Gasteiger partial charge on any atom is -0.385 e. The summed E-state index contributed by atoms with van der Waals surface area (Å²) >= 11 is 0. The first kappa shape index (κ1) is 4.20. The molecule has 1 unspecified atom stereocenters. The largest absolute Gasteiger partial charge is 0.385 e. The molecule has 1 heterocycles. The van der Waals surface area contributed by atoms with Gasteiger partial charge in [-0.1, -0.05) is 0 Å². The molecule has 0 aliphatic carbocycles. The molecule has 1 aliphatic rings. The van der Waals surface area contributed by atoms with Gasteiger partial charge in [-0.15, -0.1) is 0 Å². The van der Waals surface area contributed by atoms with Crippen LogP contribution in [-0.4, -0.2) is 0 Å². The van der Waals surface area contributed by atoms with E-state index in [0.29, 0.717) is 0 Å². The van der Waals surface area contributed by atoms with Crippen LogP contribution < -0.4 is 5.32 Å². The highest BCUT2D eigenvalue weighted by Crippen LogP contribution is 2.03. The average molecular weight is 93.1 g/mol. The Hall–Kier alpha value is -0.970. The molecule has 0 fully saturated rings. The van der Waals surface area contributed by atoms with Gasteiger partial charge in [0, 0.05) is 0 Å². The summed E-state index contributed by atoms with van der Waals surface area (Å²) in [4.78, 5) is 0. The zero-order valence-electron chi connectivity index (χ0n) is 3.76. The fourth-order valence-corrected chi connectivity index (χ4v) is 0.454. The average Bonchev–Trinajstić information content (AvgIpc) is 2.14. The number of hydrogen-bond acceptors (Lipinski definition) is 2. The highest BCUT2D eigenvalue weighted by atomic mass is 14.9. The van der Waals surface area contributed by atoms with Crippen molar-refractivity contribution in [1.29, 1.82) is 5.26 Å². The summed E-state index contributed by atoms with van der Waals surface area (Å²) in [5.41, 5.74) is 0. The van der Waals surface area contributed by atoms with E-state index in [2.05, 4.69) is 11.4 Å². The Balaban J connectivity index is 2.47. The summed E-state index contributed by atoms with van der Waals surface area (Å²) in [6.45, 7) is 1.74. The van der Waals surface area contributed by atoms with Crippen molar-refractivity contribution < 1.29 is 0 Å². The molecule has 0 aromatic heterocycles. The van der Waals surface area contributed by atoms with Crippen LogP contribution in [-0.2, 0) is 0 Å². The van der Waals surface area contributed by atoms with Crippen molar-refractivity contribution in [3.8, 4) is 6.07 Å². The number of nitriles is 1. The summed E-state index contributed by atoms with van der Waals surface area (Å²) in [5.74, 6) is -0.0139. The molecule has 0 amide bonds. The molecular weight excluding hydrogens is 88.1 g/mol. The van der Waals surface area contributed by atoms with Gasteiger partial charge in [0.05, 0.1) is 18.5 Å². The van der Waals surface area contributed by atoms with Gasteiger partial charge in [0.1, 0.15) is 0 Å². The van der Waals surface area contributed by atoms with Crippen LogP contribution in [0.25, 0.3) is 0 Å². The van der Waals surface area contributed by atoms with Crippen molar-refractivity contribution in [2.45, 2.75) is 0 Å². The molecule has 1 atom stereocenters. The van der Waals surface area contributed by atoms with Crippen LogP contribution in [0.15, 0.2) is 12.3 Å². The molecule has 0 spiro atoms. The van der Waals surface area contributed by atoms with Crippen LogP contribution in [0.5, 0.6) is 0 Å². The Kier molecular flexibility index (Phi) is 0.991. The first-order valence-corrected chi connectivity index (χ1v) is 2.09. The SMILES string of the molecule is N#CC1[CH]NC=C1. The molecule has 35 valence electrons. The molecule has 2 heteroatoms. The van der Waals surface area contributed by atoms with Gasteiger partial charge in [-0.2, -0.15) is 5.26 Å². The molecule has 1 rings (SSSR count). The van der Waals surface area contributed by atoms with Gasteiger partial charge < -0.3 is 5.32 Å². The zero-order chi connectivity index (χ0) is 5.11. The highest BCUT2D eigenvalue weighted by Gasteiger charge is 2.04. The van der Waals surface area contributed by atoms with Gasteiger partial charge in [-0.3, -0.25) is 0 Å². The van der Waals surface area contributed by atoms with Gasteiger partial charge in [-0.05, 0) is 12.3 Å². The maximum atomic E-state index is 8.19. The summed E-state index contributed by atoms with van der Waals surface area (Å²) in [5, 5.41) is 11.0. The Bertz CT molecular complexity index is 121. The summed E-state index contributed by atoms with van der Waals surface area (Å²) in [6, 6.07) is 2.06. The van der Waals surface area contributed by atoms with Crippen molar-refractivity contribution in [2.75, 3.05) is 0 Å². The highest BCUT2D eigenvalue weighted by molar-refractivity contribution is 5.11. The lowest BCUT2D eigenvalue weighted by Crippen LogP contribution is -1.97. The van der Waals surface area contributed by atoms with Gasteiger partial charge >= 0.3 is 0 Å². The Morgan fingerprint density at radius 2 is 2.57 bits per heavy atom. The normalized spacial score (nSPS) is 26.4. The number of nitrogens with zero attached hydrogens (tertiary/aromatic N) is 1. The van der Waals surface area contributed by atoms with E-state index in [1.54, 1.807) is 18.8 Å². The van der Waals surface area contributed by atoms with Crippen molar-refractivity contribution in [2.24, 2.45) is 5.92 Å². The van der Waals surface area contributed by atoms with E-state index in [-0.39, 0.29) is 5.92 Å². The van der Waals surface area contributed by atoms with Crippen LogP contribution in [0.4, 0.5) is 0 Å². The molecule has 2 nitrogen and oxygen atoms in total. The summed E-state index contributed by atoms with van der Waals surface area (Å²) < 4.78 is 0. The first-order chi connectivity index (χ1) is 3.43. The van der Waals surface area contributed by atoms with Crippen LogP contribution in [0.3, 0.4) is 0 Å². The van der Waals surface area contributed by atoms with Crippen LogP contribution in [0, 0.1) is 23.8 Å². The van der Waals surface area contributed by atoms with E-state index < -0.39 is 0 Å². The van der Waals surface area contributed by atoms with Crippen LogP contribution >= 0.6 is 0 Å². The maximum Gasteiger partial charge on any atom is 0.0881 e. The fourth-order valence-electron chi connectivity index (χ4n) is 0.454. The topological polar surface area (TPSA) is 35.8 Å². The fraction of sp³-hybridized carbons (Fsp3) is 0.200. The third-order valence-electron chi connectivity index (χ3n) is 0.825. The van der Waals surface area contributed by atoms with Crippen molar-refractivity contribution in [3.63, 3.8) is 0 Å². The quantitative estimate of drug-likeness (QED) is 0.470. The Morgan fingerprint density at radius 1 is 1.71 bits per heavy atom. The van der Waals surface area contributed by atoms with Crippen LogP contribution in [0.2, 0.25) is 0 Å². The number of hydrogen-bond donors (Lipinski definition) is 1. The van der Waals surface area contributed by atoms with Crippen molar-refractivity contribution in [1.82, 2.24) is 5.32 Å². The lowest BCUT2D eigenvalue weighted by Gasteiger charge is -1.87. The number of nitrogens with one attached hydrogen (secondary N) is 1. The molecule has 0 bridgehead atoms. The molecule has 0 saturated carbocycles. The molecule has 0 saturated heterocycles. The van der Waals surface area contributed by atoms with Gasteiger partial charge in [0.15, 0.2) is 0 Å². The van der Waals surface area contributed by atoms with E-state index in [1.807, 2.05) is 0 Å². The van der Waals surface area contributed by atoms with Crippen LogP contribution in [0.1, 0.15) is 0 Å². The predicted molar refractivity (Wildman–Crippen MR) is 25.7 cm³/mol. The third-order valence-corrected chi connectivity index (χ3v) is 0.825. The standard InChI is InChI=1S/C5H5N2/c6-3-5-1-2-7-4-5/h1-2,4-5,7H. The van der Waals surface area contributed by atoms with E-state index in [0.717, 1.165) is 0 Å². The first-order valence-electron chi connectivity index (χ1n) is 2.09. The van der Waals surface area contributed by atoms with E-state index in [4.69, 9.17) is 5.26 Å². The second-order valence-electron chi connectivity index (χ2n) is 1.35. The monoisotopic (exact) mass is 93.0 g/mol. The van der Waals surface area contributed by atoms with Gasteiger partial charge in [0.25, 0.3) is 0 Å². The molecule has 0 aromatic carbocycles. The van der Waals surface area contributed by atoms with E-state index in [9.17, 15) is 0 Å². The predicted octanol–water partition coefficient (Wildman–Crippen LogP) is 0.405. The third kappa shape index (κ3) is 0.716. The zero-order valence-corrected chi connectivity index (χ0v) is 3.76. The minimum absolute atomic E-state index is 0.0139. The second kappa shape index (κ2) is 1.65. The molecule has 1 radical (unpaired) electrons. The van der Waals surface area contributed by atoms with Crippen molar-refractivity contribution >= 4 is 0 Å². The van der Waals surface area contributed by atoms with Gasteiger partial charge in [-0.25, -0.2) is 0 Å².